The van der Waals surface area contributed by atoms with Crippen molar-refractivity contribution in [3.8, 4) is 34.5 Å². The van der Waals surface area contributed by atoms with Crippen LogP contribution in [0.4, 0.5) is 0 Å². The Kier molecular flexibility index (Phi) is 14.2. The summed E-state index contributed by atoms with van der Waals surface area (Å²) >= 11 is 0. The lowest BCUT2D eigenvalue weighted by molar-refractivity contribution is 0.384. The van der Waals surface area contributed by atoms with E-state index in [2.05, 4.69) is 0 Å². The number of phenols is 3. The van der Waals surface area contributed by atoms with Crippen LogP contribution in [-0.4, -0.2) is 15.3 Å². The molecule has 0 saturated heterocycles. The zero-order valence-corrected chi connectivity index (χ0v) is 37.9. The maximum Gasteiger partial charge on any atom is 0.530 e. The van der Waals surface area contributed by atoms with Crippen molar-refractivity contribution in [3.63, 3.8) is 0 Å². The van der Waals surface area contributed by atoms with Gasteiger partial charge in [0.25, 0.3) is 0 Å². The standard InChI is InChI=1S/C60H51O6P/c61-58-49(31-43-19-7-1-8-20-43)37-55(38-50(58)32-44-21-9-2-10-22-44)64-67(65-56-39-51(33-45-23-11-3-12-24-45)59(62)52(40-56)34-46-25-13-4-14-26-46)66-57-41-53(35-47-27-15-5-16-28-47)60(63)54(42-57)36-48-29-17-6-18-30-48/h1-30,37-42,61-63H,31-36H2. The highest BCUT2D eigenvalue weighted by molar-refractivity contribution is 7.43. The Morgan fingerprint density at radius 1 is 0.254 bits per heavy atom. The molecule has 0 saturated carbocycles. The Hall–Kier alpha value is -7.79. The largest absolute Gasteiger partial charge is 0.530 e. The van der Waals surface area contributed by atoms with Crippen molar-refractivity contribution < 1.29 is 28.9 Å². The molecule has 0 amide bonds. The fraction of sp³-hybridized carbons (Fsp3) is 0.100. The normalized spacial score (nSPS) is 11.1. The molecule has 332 valence electrons. The lowest BCUT2D eigenvalue weighted by Crippen LogP contribution is -2.06. The predicted molar refractivity (Wildman–Crippen MR) is 269 cm³/mol. The van der Waals surface area contributed by atoms with Crippen molar-refractivity contribution in [2.75, 3.05) is 0 Å². The van der Waals surface area contributed by atoms with Gasteiger partial charge in [0.15, 0.2) is 0 Å². The van der Waals surface area contributed by atoms with E-state index in [0.717, 1.165) is 33.4 Å². The molecule has 0 aliphatic rings. The Morgan fingerprint density at radius 2 is 0.418 bits per heavy atom. The molecule has 6 nitrogen and oxygen atoms in total. The average molecular weight is 899 g/mol. The van der Waals surface area contributed by atoms with E-state index < -0.39 is 8.60 Å². The average Bonchev–Trinajstić information content (AvgIpc) is 3.35. The Labute approximate surface area is 394 Å². The van der Waals surface area contributed by atoms with Gasteiger partial charge in [0.2, 0.25) is 0 Å². The van der Waals surface area contributed by atoms with Crippen LogP contribution in [0.25, 0.3) is 0 Å². The van der Waals surface area contributed by atoms with Crippen LogP contribution in [0, 0.1) is 0 Å². The fourth-order valence-electron chi connectivity index (χ4n) is 8.36. The van der Waals surface area contributed by atoms with E-state index in [9.17, 15) is 15.3 Å². The first kappa shape index (κ1) is 44.4. The number of rotatable bonds is 18. The third kappa shape index (κ3) is 11.9. The number of aromatic hydroxyl groups is 3. The van der Waals surface area contributed by atoms with Gasteiger partial charge in [-0.3, -0.25) is 0 Å². The number of benzene rings is 9. The topological polar surface area (TPSA) is 88.4 Å². The molecular formula is C60H51O6P. The fourth-order valence-corrected chi connectivity index (χ4v) is 9.30. The second kappa shape index (κ2) is 21.5. The second-order valence-corrected chi connectivity index (χ2v) is 17.7. The lowest BCUT2D eigenvalue weighted by atomic mass is 9.97. The SMILES string of the molecule is Oc1c(Cc2ccccc2)cc(OP(Oc2cc(Cc3ccccc3)c(O)c(Cc3ccccc3)c2)Oc2cc(Cc3ccccc3)c(O)c(Cc3ccccc3)c2)cc1Cc1ccccc1. The zero-order valence-electron chi connectivity index (χ0n) is 37.0. The van der Waals surface area contributed by atoms with Crippen LogP contribution in [0.5, 0.6) is 34.5 Å². The highest BCUT2D eigenvalue weighted by Crippen LogP contribution is 2.47. The van der Waals surface area contributed by atoms with E-state index in [1.807, 2.05) is 218 Å². The monoisotopic (exact) mass is 898 g/mol. The third-order valence-corrected chi connectivity index (χ3v) is 12.8. The minimum absolute atomic E-state index is 0.204. The summed E-state index contributed by atoms with van der Waals surface area (Å²) in [5.74, 6) is 1.99. The number of hydrogen-bond acceptors (Lipinski definition) is 6. The summed E-state index contributed by atoms with van der Waals surface area (Å²) in [4.78, 5) is 0. The Morgan fingerprint density at radius 3 is 0.582 bits per heavy atom. The molecule has 0 heterocycles. The molecule has 0 bridgehead atoms. The van der Waals surface area contributed by atoms with E-state index in [0.29, 0.717) is 89.2 Å². The molecule has 0 aromatic heterocycles. The summed E-state index contributed by atoms with van der Waals surface area (Å²) in [7, 11) is -2.29. The first-order chi connectivity index (χ1) is 32.9. The molecule has 0 aliphatic carbocycles. The first-order valence-corrected chi connectivity index (χ1v) is 23.6. The first-order valence-electron chi connectivity index (χ1n) is 22.5. The van der Waals surface area contributed by atoms with Gasteiger partial charge in [0, 0.05) is 71.9 Å². The zero-order chi connectivity index (χ0) is 45.8. The summed E-state index contributed by atoms with van der Waals surface area (Å²) in [6, 6.07) is 71.4. The smallest absolute Gasteiger partial charge is 0.507 e. The van der Waals surface area contributed by atoms with Crippen LogP contribution < -0.4 is 13.6 Å². The molecular weight excluding hydrogens is 848 g/mol. The van der Waals surface area contributed by atoms with Crippen molar-refractivity contribution in [2.45, 2.75) is 38.5 Å². The van der Waals surface area contributed by atoms with Gasteiger partial charge in [-0.15, -0.1) is 0 Å². The maximum atomic E-state index is 11.8. The van der Waals surface area contributed by atoms with Crippen molar-refractivity contribution in [2.24, 2.45) is 0 Å². The van der Waals surface area contributed by atoms with E-state index >= 15 is 0 Å². The predicted octanol–water partition coefficient (Wildman–Crippen LogP) is 14.1. The molecule has 0 fully saturated rings. The highest BCUT2D eigenvalue weighted by atomic mass is 31.2. The molecule has 9 aromatic carbocycles. The number of phenolic OH excluding ortho intramolecular Hbond substituents is 3. The molecule has 9 aromatic rings. The van der Waals surface area contributed by atoms with E-state index in [1.165, 1.54) is 0 Å². The molecule has 67 heavy (non-hydrogen) atoms. The van der Waals surface area contributed by atoms with Gasteiger partial charge < -0.3 is 28.9 Å². The minimum atomic E-state index is -2.29. The van der Waals surface area contributed by atoms with Crippen LogP contribution in [-0.2, 0) is 38.5 Å². The lowest BCUT2D eigenvalue weighted by Gasteiger charge is -2.22. The van der Waals surface area contributed by atoms with Crippen molar-refractivity contribution in [1.29, 1.82) is 0 Å². The van der Waals surface area contributed by atoms with Crippen molar-refractivity contribution >= 4 is 8.60 Å². The van der Waals surface area contributed by atoms with E-state index in [-0.39, 0.29) is 17.2 Å². The van der Waals surface area contributed by atoms with Gasteiger partial charge in [-0.1, -0.05) is 182 Å². The molecule has 3 N–H and O–H groups in total. The van der Waals surface area contributed by atoms with Gasteiger partial charge >= 0.3 is 8.60 Å². The summed E-state index contributed by atoms with van der Waals surface area (Å²) in [6.07, 6.45) is 2.83. The maximum absolute atomic E-state index is 11.8. The molecule has 0 radical (unpaired) electrons. The molecule has 0 spiro atoms. The molecule has 0 aliphatic heterocycles. The molecule has 0 unspecified atom stereocenters. The van der Waals surface area contributed by atoms with Gasteiger partial charge in [0.05, 0.1) is 0 Å². The van der Waals surface area contributed by atoms with E-state index in [4.69, 9.17) is 13.6 Å². The van der Waals surface area contributed by atoms with Crippen LogP contribution in [0.3, 0.4) is 0 Å². The second-order valence-electron chi connectivity index (χ2n) is 16.7. The third-order valence-electron chi connectivity index (χ3n) is 11.7. The minimum Gasteiger partial charge on any atom is -0.507 e. The van der Waals surface area contributed by atoms with Crippen molar-refractivity contribution in [1.82, 2.24) is 0 Å². The summed E-state index contributed by atoms with van der Waals surface area (Å²) in [6.45, 7) is 0. The van der Waals surface area contributed by atoms with Crippen LogP contribution >= 0.6 is 8.60 Å². The van der Waals surface area contributed by atoms with Gasteiger partial charge in [-0.2, -0.15) is 0 Å². The van der Waals surface area contributed by atoms with Crippen LogP contribution in [0.2, 0.25) is 0 Å². The molecule has 0 atom stereocenters. The van der Waals surface area contributed by atoms with Gasteiger partial charge in [0.1, 0.15) is 34.5 Å². The van der Waals surface area contributed by atoms with Gasteiger partial charge in [-0.05, 0) is 69.8 Å². The van der Waals surface area contributed by atoms with Gasteiger partial charge in [-0.25, -0.2) is 0 Å². The Bertz CT molecular complexity index is 2490. The Balaban J connectivity index is 1.15. The summed E-state index contributed by atoms with van der Waals surface area (Å²) < 4.78 is 20.7. The molecule has 9 rings (SSSR count). The van der Waals surface area contributed by atoms with Crippen molar-refractivity contribution in [3.05, 3.63) is 285 Å². The number of hydrogen-bond donors (Lipinski definition) is 3. The highest BCUT2D eigenvalue weighted by Gasteiger charge is 2.25. The summed E-state index contributed by atoms with van der Waals surface area (Å²) in [5.41, 5.74) is 10.4. The van der Waals surface area contributed by atoms with E-state index in [1.54, 1.807) is 0 Å². The quantitative estimate of drug-likeness (QED) is 0.0744. The van der Waals surface area contributed by atoms with Crippen LogP contribution in [0.15, 0.2) is 218 Å². The summed E-state index contributed by atoms with van der Waals surface area (Å²) in [5, 5.41) is 35.5. The molecule has 7 heteroatoms. The van der Waals surface area contributed by atoms with Crippen LogP contribution in [0.1, 0.15) is 66.8 Å².